The average Bonchev–Trinajstić information content (AvgIpc) is 3.52. The van der Waals surface area contributed by atoms with Crippen LogP contribution in [0.5, 0.6) is 5.75 Å². The Morgan fingerprint density at radius 3 is 1.34 bits per heavy atom. The molecule has 6 rings (SSSR count). The van der Waals surface area contributed by atoms with Crippen LogP contribution in [-0.2, 0) is 6.18 Å². The number of rotatable bonds is 6. The lowest BCUT2D eigenvalue weighted by Crippen LogP contribution is -2.03. The summed E-state index contributed by atoms with van der Waals surface area (Å²) in [6.07, 6.45) is -0.988. The second-order valence-electron chi connectivity index (χ2n) is 9.99. The van der Waals surface area contributed by atoms with Gasteiger partial charge in [-0.2, -0.15) is 13.2 Å². The lowest BCUT2D eigenvalue weighted by Gasteiger charge is -2.12. The molecule has 5 heteroatoms. The zero-order chi connectivity index (χ0) is 28.4. The van der Waals surface area contributed by atoms with Gasteiger partial charge in [0.25, 0.3) is 0 Å². The molecule has 41 heavy (non-hydrogen) atoms. The summed E-state index contributed by atoms with van der Waals surface area (Å²) in [5.41, 5.74) is 7.99. The van der Waals surface area contributed by atoms with Crippen molar-refractivity contribution in [2.45, 2.75) is 17.8 Å². The number of benzene rings is 5. The lowest BCUT2D eigenvalue weighted by molar-refractivity contribution is -0.137. The molecule has 0 radical (unpaired) electrons. The fraction of sp³-hybridized carbons (Fsp3) is 0.111. The van der Waals surface area contributed by atoms with Gasteiger partial charge in [0, 0.05) is 10.2 Å². The van der Waals surface area contributed by atoms with Gasteiger partial charge < -0.3 is 4.74 Å². The van der Waals surface area contributed by atoms with E-state index in [9.17, 15) is 13.2 Å². The van der Waals surface area contributed by atoms with Crippen LogP contribution in [0.1, 0.15) is 28.4 Å². The first kappa shape index (κ1) is 27.0. The summed E-state index contributed by atoms with van der Waals surface area (Å²) in [6, 6.07) is 38.7. The molecule has 0 aliphatic carbocycles. The van der Waals surface area contributed by atoms with E-state index in [1.54, 1.807) is 7.11 Å². The van der Waals surface area contributed by atoms with Crippen LogP contribution in [0.15, 0.2) is 127 Å². The Morgan fingerprint density at radius 2 is 0.951 bits per heavy atom. The zero-order valence-electron chi connectivity index (χ0n) is 22.4. The Bertz CT molecular complexity index is 1650. The molecule has 0 bridgehead atoms. The van der Waals surface area contributed by atoms with E-state index in [1.165, 1.54) is 28.2 Å². The second-order valence-corrected chi connectivity index (χ2v) is 11.2. The van der Waals surface area contributed by atoms with Crippen molar-refractivity contribution in [1.29, 1.82) is 0 Å². The number of allylic oxidation sites excluding steroid dienone is 1. The normalized spacial score (nSPS) is 15.0. The molecule has 5 aromatic rings. The van der Waals surface area contributed by atoms with Crippen molar-refractivity contribution in [3.8, 4) is 39.1 Å². The molecule has 0 N–H and O–H groups in total. The maximum Gasteiger partial charge on any atom is 0.416 e. The fourth-order valence-corrected chi connectivity index (χ4v) is 6.32. The minimum Gasteiger partial charge on any atom is -0.497 e. The van der Waals surface area contributed by atoms with E-state index in [0.29, 0.717) is 5.25 Å². The van der Waals surface area contributed by atoms with E-state index in [0.717, 1.165) is 57.7 Å². The molecule has 1 heterocycles. The smallest absolute Gasteiger partial charge is 0.416 e. The maximum absolute atomic E-state index is 12.9. The Balaban J connectivity index is 1.10. The van der Waals surface area contributed by atoms with Gasteiger partial charge >= 0.3 is 6.18 Å². The van der Waals surface area contributed by atoms with Gasteiger partial charge in [-0.3, -0.25) is 0 Å². The molecule has 0 aromatic heterocycles. The third-order valence-electron chi connectivity index (χ3n) is 7.43. The van der Waals surface area contributed by atoms with E-state index < -0.39 is 11.7 Å². The van der Waals surface area contributed by atoms with E-state index >= 15 is 0 Å². The van der Waals surface area contributed by atoms with E-state index in [4.69, 9.17) is 4.74 Å². The molecule has 204 valence electrons. The highest BCUT2D eigenvalue weighted by atomic mass is 32.2. The van der Waals surface area contributed by atoms with E-state index in [-0.39, 0.29) is 0 Å². The Labute approximate surface area is 242 Å². The molecule has 1 unspecified atom stereocenters. The van der Waals surface area contributed by atoms with Crippen LogP contribution in [0.4, 0.5) is 13.2 Å². The molecule has 1 atom stereocenters. The number of hydrogen-bond donors (Lipinski definition) is 0. The first-order valence-corrected chi connectivity index (χ1v) is 14.2. The van der Waals surface area contributed by atoms with Crippen LogP contribution < -0.4 is 4.74 Å². The van der Waals surface area contributed by atoms with E-state index in [1.807, 2.05) is 48.2 Å². The summed E-state index contributed by atoms with van der Waals surface area (Å²) in [5, 5.41) is 0.423. The molecular formula is C36H27F3OS. The quantitative estimate of drug-likeness (QED) is 0.203. The minimum absolute atomic E-state index is 0.423. The largest absolute Gasteiger partial charge is 0.497 e. The number of thioether (sulfide) groups is 1. The highest BCUT2D eigenvalue weighted by molar-refractivity contribution is 8.08. The molecule has 0 saturated heterocycles. The summed E-state index contributed by atoms with van der Waals surface area (Å²) in [4.78, 5) is 1.31. The second kappa shape index (κ2) is 11.3. The van der Waals surface area contributed by atoms with Crippen molar-refractivity contribution in [1.82, 2.24) is 0 Å². The van der Waals surface area contributed by atoms with Crippen molar-refractivity contribution in [3.05, 3.63) is 144 Å². The average molecular weight is 565 g/mol. The highest BCUT2D eigenvalue weighted by Crippen LogP contribution is 2.48. The first-order chi connectivity index (χ1) is 19.9. The molecule has 0 amide bonds. The zero-order valence-corrected chi connectivity index (χ0v) is 23.2. The number of ether oxygens (including phenoxy) is 1. The molecular weight excluding hydrogens is 537 g/mol. The Kier molecular flexibility index (Phi) is 7.46. The van der Waals surface area contributed by atoms with Gasteiger partial charge in [0.15, 0.2) is 0 Å². The monoisotopic (exact) mass is 564 g/mol. The van der Waals surface area contributed by atoms with Crippen molar-refractivity contribution < 1.29 is 17.9 Å². The molecule has 0 fully saturated rings. The maximum atomic E-state index is 12.9. The Morgan fingerprint density at radius 1 is 0.561 bits per heavy atom. The van der Waals surface area contributed by atoms with Gasteiger partial charge in [-0.05, 0) is 75.2 Å². The summed E-state index contributed by atoms with van der Waals surface area (Å²) in [6.45, 7) is 0. The van der Waals surface area contributed by atoms with Crippen LogP contribution in [0.25, 0.3) is 38.3 Å². The topological polar surface area (TPSA) is 9.23 Å². The molecule has 1 aliphatic heterocycles. The molecule has 5 aromatic carbocycles. The predicted octanol–water partition coefficient (Wildman–Crippen LogP) is 10.9. The lowest BCUT2D eigenvalue weighted by atomic mass is 9.97. The van der Waals surface area contributed by atoms with Gasteiger partial charge in [-0.25, -0.2) is 0 Å². The fourth-order valence-electron chi connectivity index (χ4n) is 5.06. The van der Waals surface area contributed by atoms with Crippen molar-refractivity contribution in [2.24, 2.45) is 0 Å². The molecule has 0 spiro atoms. The predicted molar refractivity (Wildman–Crippen MR) is 164 cm³/mol. The summed E-state index contributed by atoms with van der Waals surface area (Å²) < 4.78 is 43.9. The van der Waals surface area contributed by atoms with Crippen molar-refractivity contribution in [2.75, 3.05) is 7.11 Å². The molecule has 1 aliphatic rings. The number of methoxy groups -OCH3 is 1. The van der Waals surface area contributed by atoms with Crippen molar-refractivity contribution in [3.63, 3.8) is 0 Å². The third kappa shape index (κ3) is 5.96. The van der Waals surface area contributed by atoms with Crippen LogP contribution in [-0.4, -0.2) is 7.11 Å². The van der Waals surface area contributed by atoms with Crippen molar-refractivity contribution >= 4 is 16.7 Å². The van der Waals surface area contributed by atoms with Crippen LogP contribution in [0.3, 0.4) is 0 Å². The van der Waals surface area contributed by atoms with Crippen LogP contribution >= 0.6 is 11.8 Å². The minimum atomic E-state index is -4.33. The van der Waals surface area contributed by atoms with Gasteiger partial charge in [0.1, 0.15) is 5.75 Å². The Hall–Kier alpha value is -4.22. The van der Waals surface area contributed by atoms with Gasteiger partial charge in [-0.15, -0.1) is 11.8 Å². The standard InChI is InChI=1S/C36H27F3OS/c1-40-33-20-16-31(17-21-33)35-23-22-34(41-35)30-12-10-28(11-13-30)26-4-2-24(3-5-26)25-6-8-27(9-7-25)29-14-18-32(19-15-29)36(37,38)39/h2-22,35H,23H2,1H3. The van der Waals surface area contributed by atoms with Crippen LogP contribution in [0, 0.1) is 0 Å². The molecule has 1 nitrogen and oxygen atoms in total. The molecule has 0 saturated carbocycles. The van der Waals surface area contributed by atoms with Crippen LogP contribution in [0.2, 0.25) is 0 Å². The summed E-state index contributed by atoms with van der Waals surface area (Å²) in [7, 11) is 1.69. The number of alkyl halides is 3. The van der Waals surface area contributed by atoms with Gasteiger partial charge in [0.2, 0.25) is 0 Å². The van der Waals surface area contributed by atoms with E-state index in [2.05, 4.69) is 66.7 Å². The first-order valence-electron chi connectivity index (χ1n) is 13.4. The number of halogens is 3. The third-order valence-corrected chi connectivity index (χ3v) is 8.83. The summed E-state index contributed by atoms with van der Waals surface area (Å²) in [5.74, 6) is 0.878. The van der Waals surface area contributed by atoms with Gasteiger partial charge in [0.05, 0.1) is 12.7 Å². The highest BCUT2D eigenvalue weighted by Gasteiger charge is 2.30. The summed E-state index contributed by atoms with van der Waals surface area (Å²) >= 11 is 1.91. The van der Waals surface area contributed by atoms with Gasteiger partial charge in [-0.1, -0.05) is 103 Å². The SMILES string of the molecule is COc1ccc(C2CC=C(c3ccc(-c4ccc(-c5ccc(-c6ccc(C(F)(F)F)cc6)cc5)cc4)cc3)S2)cc1. The number of hydrogen-bond acceptors (Lipinski definition) is 2.